The van der Waals surface area contributed by atoms with Crippen LogP contribution in [-0.2, 0) is 4.79 Å². The molecule has 4 heteroatoms. The van der Waals surface area contributed by atoms with Crippen LogP contribution in [0.15, 0.2) is 54.6 Å². The molecule has 0 aliphatic carbocycles. The van der Waals surface area contributed by atoms with Crippen LogP contribution in [-0.4, -0.2) is 13.0 Å². The maximum atomic E-state index is 12.2. The van der Waals surface area contributed by atoms with Gasteiger partial charge >= 0.3 is 0 Å². The molecule has 1 unspecified atom stereocenters. The zero-order valence-electron chi connectivity index (χ0n) is 11.0. The smallest absolute Gasteiger partial charge is 0.246 e. The summed E-state index contributed by atoms with van der Waals surface area (Å²) in [5.74, 6) is -0.657. The summed E-state index contributed by atoms with van der Waals surface area (Å²) in [6, 6.07) is 18.1. The second kappa shape index (κ2) is 6.39. The van der Waals surface area contributed by atoms with Gasteiger partial charge in [0.1, 0.15) is 5.75 Å². The SMILES string of the molecule is COc1ccccc1NC(=O)C(C#N)c1ccccc1. The molecule has 1 N–H and O–H groups in total. The number of nitrogens with one attached hydrogen (secondary N) is 1. The Morgan fingerprint density at radius 3 is 2.45 bits per heavy atom. The third kappa shape index (κ3) is 2.96. The van der Waals surface area contributed by atoms with Crippen molar-refractivity contribution in [2.24, 2.45) is 0 Å². The fourth-order valence-electron chi connectivity index (χ4n) is 1.88. The summed E-state index contributed by atoms with van der Waals surface area (Å²) in [7, 11) is 1.53. The highest BCUT2D eigenvalue weighted by molar-refractivity contribution is 5.98. The molecule has 1 atom stereocenters. The van der Waals surface area contributed by atoms with Gasteiger partial charge in [-0.05, 0) is 17.7 Å². The molecule has 100 valence electrons. The van der Waals surface area contributed by atoms with Crippen molar-refractivity contribution in [2.45, 2.75) is 5.92 Å². The Bertz CT molecular complexity index is 632. The average molecular weight is 266 g/mol. The molecule has 0 saturated heterocycles. The van der Waals surface area contributed by atoms with Crippen LogP contribution in [0.25, 0.3) is 0 Å². The zero-order chi connectivity index (χ0) is 14.4. The van der Waals surface area contributed by atoms with Gasteiger partial charge in [0, 0.05) is 0 Å². The molecule has 0 aromatic heterocycles. The lowest BCUT2D eigenvalue weighted by atomic mass is 10.00. The van der Waals surface area contributed by atoms with E-state index in [9.17, 15) is 10.1 Å². The Balaban J connectivity index is 2.21. The summed E-state index contributed by atoms with van der Waals surface area (Å²) in [5, 5.41) is 11.9. The summed E-state index contributed by atoms with van der Waals surface area (Å²) >= 11 is 0. The van der Waals surface area contributed by atoms with E-state index in [-0.39, 0.29) is 5.91 Å². The maximum Gasteiger partial charge on any atom is 0.246 e. The van der Waals surface area contributed by atoms with E-state index >= 15 is 0 Å². The number of hydrogen-bond donors (Lipinski definition) is 1. The number of benzene rings is 2. The first-order chi connectivity index (χ1) is 9.76. The molecule has 4 nitrogen and oxygen atoms in total. The normalized spacial score (nSPS) is 11.2. The van der Waals surface area contributed by atoms with E-state index in [1.807, 2.05) is 18.2 Å². The number of ether oxygens (including phenoxy) is 1. The molecule has 2 rings (SSSR count). The summed E-state index contributed by atoms with van der Waals surface area (Å²) in [6.45, 7) is 0. The molecule has 20 heavy (non-hydrogen) atoms. The van der Waals surface area contributed by atoms with Crippen molar-refractivity contribution in [1.29, 1.82) is 5.26 Å². The predicted octanol–water partition coefficient (Wildman–Crippen LogP) is 2.94. The highest BCUT2D eigenvalue weighted by Gasteiger charge is 2.20. The van der Waals surface area contributed by atoms with Gasteiger partial charge in [0.2, 0.25) is 5.91 Å². The first kappa shape index (κ1) is 13.6. The molecule has 0 bridgehead atoms. The van der Waals surface area contributed by atoms with Gasteiger partial charge in [-0.3, -0.25) is 4.79 Å². The number of methoxy groups -OCH3 is 1. The number of hydrogen-bond acceptors (Lipinski definition) is 3. The van der Waals surface area contributed by atoms with Crippen LogP contribution in [0.5, 0.6) is 5.75 Å². The number of anilines is 1. The topological polar surface area (TPSA) is 62.1 Å². The summed E-state index contributed by atoms with van der Waals surface area (Å²) in [5.41, 5.74) is 1.22. The Kier molecular flexibility index (Phi) is 4.35. The number of para-hydroxylation sites is 2. The first-order valence-electron chi connectivity index (χ1n) is 6.14. The Morgan fingerprint density at radius 1 is 1.15 bits per heavy atom. The Labute approximate surface area is 117 Å². The lowest BCUT2D eigenvalue weighted by Gasteiger charge is -2.13. The molecule has 0 spiro atoms. The second-order valence-electron chi connectivity index (χ2n) is 4.16. The van der Waals surface area contributed by atoms with Crippen LogP contribution in [0, 0.1) is 11.3 Å². The number of carbonyl (C=O) groups is 1. The van der Waals surface area contributed by atoms with Gasteiger partial charge in [-0.15, -0.1) is 0 Å². The average Bonchev–Trinajstić information content (AvgIpc) is 2.49. The fraction of sp³-hybridized carbons (Fsp3) is 0.125. The molecule has 0 saturated carbocycles. The van der Waals surface area contributed by atoms with E-state index in [2.05, 4.69) is 5.32 Å². The summed E-state index contributed by atoms with van der Waals surface area (Å²) < 4.78 is 5.17. The number of nitriles is 1. The summed E-state index contributed by atoms with van der Waals surface area (Å²) in [4.78, 5) is 12.2. The number of amides is 1. The quantitative estimate of drug-likeness (QED) is 0.925. The second-order valence-corrected chi connectivity index (χ2v) is 4.16. The van der Waals surface area contributed by atoms with Crippen LogP contribution >= 0.6 is 0 Å². The molecule has 2 aromatic carbocycles. The lowest BCUT2D eigenvalue weighted by Crippen LogP contribution is -2.20. The highest BCUT2D eigenvalue weighted by Crippen LogP contribution is 2.25. The minimum atomic E-state index is -0.846. The lowest BCUT2D eigenvalue weighted by molar-refractivity contribution is -0.116. The monoisotopic (exact) mass is 266 g/mol. The molecule has 1 amide bonds. The fourth-order valence-corrected chi connectivity index (χ4v) is 1.88. The van der Waals surface area contributed by atoms with Crippen molar-refractivity contribution in [3.8, 4) is 11.8 Å². The number of rotatable bonds is 4. The summed E-state index contributed by atoms with van der Waals surface area (Å²) in [6.07, 6.45) is 0. The van der Waals surface area contributed by atoms with Gasteiger partial charge in [0.05, 0.1) is 18.9 Å². The van der Waals surface area contributed by atoms with E-state index in [4.69, 9.17) is 4.74 Å². The molecule has 0 aliphatic rings. The van der Waals surface area contributed by atoms with Crippen molar-refractivity contribution in [1.82, 2.24) is 0 Å². The zero-order valence-corrected chi connectivity index (χ0v) is 11.0. The number of carbonyl (C=O) groups excluding carboxylic acids is 1. The minimum Gasteiger partial charge on any atom is -0.495 e. The van der Waals surface area contributed by atoms with Gasteiger partial charge in [-0.1, -0.05) is 42.5 Å². The van der Waals surface area contributed by atoms with Gasteiger partial charge in [-0.2, -0.15) is 5.26 Å². The highest BCUT2D eigenvalue weighted by atomic mass is 16.5. The molecule has 0 radical (unpaired) electrons. The third-order valence-corrected chi connectivity index (χ3v) is 2.89. The first-order valence-corrected chi connectivity index (χ1v) is 6.14. The van der Waals surface area contributed by atoms with E-state index < -0.39 is 5.92 Å². The van der Waals surface area contributed by atoms with Crippen molar-refractivity contribution in [2.75, 3.05) is 12.4 Å². The van der Waals surface area contributed by atoms with Crippen LogP contribution in [0.1, 0.15) is 11.5 Å². The van der Waals surface area contributed by atoms with Gasteiger partial charge in [0.15, 0.2) is 5.92 Å². The molecular formula is C16H14N2O2. The van der Waals surface area contributed by atoms with Crippen LogP contribution in [0.2, 0.25) is 0 Å². The Hall–Kier alpha value is -2.80. The Morgan fingerprint density at radius 2 is 1.80 bits per heavy atom. The molecule has 0 fully saturated rings. The van der Waals surface area contributed by atoms with E-state index in [1.165, 1.54) is 7.11 Å². The molecule has 0 heterocycles. The van der Waals surface area contributed by atoms with Crippen LogP contribution in [0.4, 0.5) is 5.69 Å². The van der Waals surface area contributed by atoms with Crippen molar-refractivity contribution in [3.05, 3.63) is 60.2 Å². The third-order valence-electron chi connectivity index (χ3n) is 2.89. The maximum absolute atomic E-state index is 12.2. The van der Waals surface area contributed by atoms with Crippen molar-refractivity contribution < 1.29 is 9.53 Å². The largest absolute Gasteiger partial charge is 0.495 e. The number of nitrogens with zero attached hydrogens (tertiary/aromatic N) is 1. The van der Waals surface area contributed by atoms with Crippen LogP contribution < -0.4 is 10.1 Å². The minimum absolute atomic E-state index is 0.372. The van der Waals surface area contributed by atoms with Gasteiger partial charge in [-0.25, -0.2) is 0 Å². The van der Waals surface area contributed by atoms with Crippen LogP contribution in [0.3, 0.4) is 0 Å². The molecule has 2 aromatic rings. The van der Waals surface area contributed by atoms with E-state index in [0.29, 0.717) is 17.0 Å². The van der Waals surface area contributed by atoms with Gasteiger partial charge in [0.25, 0.3) is 0 Å². The van der Waals surface area contributed by atoms with E-state index in [1.54, 1.807) is 42.5 Å². The molecule has 0 aliphatic heterocycles. The van der Waals surface area contributed by atoms with Crippen molar-refractivity contribution >= 4 is 11.6 Å². The predicted molar refractivity (Wildman–Crippen MR) is 76.4 cm³/mol. The van der Waals surface area contributed by atoms with E-state index in [0.717, 1.165) is 0 Å². The van der Waals surface area contributed by atoms with Crippen molar-refractivity contribution in [3.63, 3.8) is 0 Å². The molecular weight excluding hydrogens is 252 g/mol. The van der Waals surface area contributed by atoms with Gasteiger partial charge < -0.3 is 10.1 Å². The standard InChI is InChI=1S/C16H14N2O2/c1-20-15-10-6-5-9-14(15)18-16(19)13(11-17)12-7-3-2-4-8-12/h2-10,13H,1H3,(H,18,19).